The highest BCUT2D eigenvalue weighted by Crippen LogP contribution is 2.94. The van der Waals surface area contributed by atoms with Gasteiger partial charge in [0, 0.05) is 23.0 Å². The first kappa shape index (κ1) is 19.5. The lowest BCUT2D eigenvalue weighted by atomic mass is 9.48. The molecule has 2 unspecified atom stereocenters. The number of esters is 1. The topological polar surface area (TPSA) is 113 Å². The lowest BCUT2D eigenvalue weighted by molar-refractivity contribution is -0.394. The predicted octanol–water partition coefficient (Wildman–Crippen LogP) is 4.90. The summed E-state index contributed by atoms with van der Waals surface area (Å²) in [6, 6.07) is 3.01. The van der Waals surface area contributed by atoms with Crippen LogP contribution in [0.4, 0.5) is 11.4 Å². The average molecular weight is 414 g/mol. The second-order valence-electron chi connectivity index (χ2n) is 10.8. The van der Waals surface area contributed by atoms with Crippen LogP contribution in [0.3, 0.4) is 0 Å². The van der Waals surface area contributed by atoms with Gasteiger partial charge in [-0.05, 0) is 41.9 Å². The molecule has 8 heteroatoms. The minimum absolute atomic E-state index is 0.0148. The monoisotopic (exact) mass is 414 g/mol. The number of hydrogen-bond donors (Lipinski definition) is 0. The van der Waals surface area contributed by atoms with Crippen LogP contribution in [0.1, 0.15) is 63.7 Å². The number of non-ortho nitro benzene ring substituents is 2. The fourth-order valence-corrected chi connectivity index (χ4v) is 8.47. The second kappa shape index (κ2) is 5.39. The van der Waals surface area contributed by atoms with Crippen molar-refractivity contribution in [2.75, 3.05) is 0 Å². The zero-order valence-electron chi connectivity index (χ0n) is 17.6. The van der Waals surface area contributed by atoms with Gasteiger partial charge in [0.25, 0.3) is 11.4 Å². The Labute approximate surface area is 174 Å². The van der Waals surface area contributed by atoms with Crippen LogP contribution in [-0.4, -0.2) is 21.9 Å². The molecule has 5 fully saturated rings. The van der Waals surface area contributed by atoms with E-state index in [2.05, 4.69) is 27.7 Å². The molecule has 1 spiro atoms. The third kappa shape index (κ3) is 1.95. The van der Waals surface area contributed by atoms with Crippen LogP contribution in [0.5, 0.6) is 0 Å². The van der Waals surface area contributed by atoms with Gasteiger partial charge in [-0.1, -0.05) is 34.1 Å². The Hall–Kier alpha value is -2.51. The number of hydrogen-bond acceptors (Lipinski definition) is 6. The number of rotatable bonds is 4. The van der Waals surface area contributed by atoms with Crippen LogP contribution in [0.25, 0.3) is 0 Å². The Balaban J connectivity index is 1.54. The van der Waals surface area contributed by atoms with Gasteiger partial charge in [0.05, 0.1) is 21.5 Å². The maximum absolute atomic E-state index is 13.1. The van der Waals surface area contributed by atoms with Crippen LogP contribution in [0.2, 0.25) is 0 Å². The van der Waals surface area contributed by atoms with E-state index in [4.69, 9.17) is 4.74 Å². The molecule has 0 aromatic heterocycles. The lowest BCUT2D eigenvalue weighted by Gasteiger charge is -2.57. The molecule has 6 atom stereocenters. The molecule has 5 aliphatic carbocycles. The van der Waals surface area contributed by atoms with Crippen LogP contribution in [-0.2, 0) is 4.74 Å². The van der Waals surface area contributed by atoms with Gasteiger partial charge < -0.3 is 4.74 Å². The van der Waals surface area contributed by atoms with Crippen molar-refractivity contribution in [3.63, 3.8) is 0 Å². The predicted molar refractivity (Wildman–Crippen MR) is 107 cm³/mol. The molecule has 0 heterocycles. The largest absolute Gasteiger partial charge is 0.458 e. The standard InChI is InChI=1S/C22H26N2O6/c1-19(2)6-5-7-20(3)16-15-11-22(19,20)18(21(15,16)4)30-17(25)12-8-13(23(26)27)10-14(9-12)24(28)29/h8-10,15-16,18H,5-7,11H2,1-4H3/t15?,16-,18+,20-,21?,22-/m1/s1. The van der Waals surface area contributed by atoms with E-state index in [1.165, 1.54) is 6.42 Å². The molecule has 0 aliphatic heterocycles. The second-order valence-corrected chi connectivity index (χ2v) is 10.8. The van der Waals surface area contributed by atoms with Crippen molar-refractivity contribution in [2.45, 2.75) is 59.5 Å². The van der Waals surface area contributed by atoms with Gasteiger partial charge in [-0.3, -0.25) is 20.2 Å². The van der Waals surface area contributed by atoms with E-state index < -0.39 is 27.2 Å². The van der Waals surface area contributed by atoms with E-state index in [1.807, 2.05) is 0 Å². The maximum atomic E-state index is 13.1. The first-order chi connectivity index (χ1) is 13.9. The highest BCUT2D eigenvalue weighted by atomic mass is 16.6. The van der Waals surface area contributed by atoms with Crippen molar-refractivity contribution in [1.29, 1.82) is 0 Å². The molecular formula is C22H26N2O6. The van der Waals surface area contributed by atoms with Crippen molar-refractivity contribution in [1.82, 2.24) is 0 Å². The van der Waals surface area contributed by atoms with Crippen molar-refractivity contribution in [2.24, 2.45) is 33.5 Å². The number of carbonyl (C=O) groups excluding carboxylic acids is 1. The maximum Gasteiger partial charge on any atom is 0.338 e. The van der Waals surface area contributed by atoms with E-state index in [1.54, 1.807) is 0 Å². The summed E-state index contributed by atoms with van der Waals surface area (Å²) in [5.41, 5.74) is -1.16. The molecule has 0 N–H and O–H groups in total. The molecule has 1 aromatic carbocycles. The molecule has 5 saturated carbocycles. The number of nitro groups is 2. The van der Waals surface area contributed by atoms with Gasteiger partial charge in [0.1, 0.15) is 6.10 Å². The molecular weight excluding hydrogens is 388 g/mol. The van der Waals surface area contributed by atoms with Crippen LogP contribution in [0, 0.1) is 53.7 Å². The smallest absolute Gasteiger partial charge is 0.338 e. The summed E-state index contributed by atoms with van der Waals surface area (Å²) in [4.78, 5) is 34.1. The quantitative estimate of drug-likeness (QED) is 0.393. The van der Waals surface area contributed by atoms with E-state index in [-0.39, 0.29) is 33.3 Å². The summed E-state index contributed by atoms with van der Waals surface area (Å²) >= 11 is 0. The molecule has 0 amide bonds. The Morgan fingerprint density at radius 1 is 1.03 bits per heavy atom. The number of carbonyl (C=O) groups is 1. The molecule has 0 radical (unpaired) electrons. The molecule has 1 aromatic rings. The number of nitro benzene ring substituents is 2. The molecule has 6 rings (SSSR count). The number of benzene rings is 1. The van der Waals surface area contributed by atoms with Gasteiger partial charge in [0.2, 0.25) is 0 Å². The van der Waals surface area contributed by atoms with Gasteiger partial charge in [-0.25, -0.2) is 4.79 Å². The highest BCUT2D eigenvalue weighted by Gasteiger charge is 2.94. The van der Waals surface area contributed by atoms with Crippen LogP contribution >= 0.6 is 0 Å². The molecule has 8 nitrogen and oxygen atoms in total. The third-order valence-corrected chi connectivity index (χ3v) is 9.51. The van der Waals surface area contributed by atoms with Gasteiger partial charge in [-0.15, -0.1) is 0 Å². The fraction of sp³-hybridized carbons (Fsp3) is 0.682. The number of nitrogens with zero attached hydrogens (tertiary/aromatic N) is 2. The Bertz CT molecular complexity index is 989. The molecule has 160 valence electrons. The van der Waals surface area contributed by atoms with E-state index in [0.717, 1.165) is 37.5 Å². The van der Waals surface area contributed by atoms with Gasteiger partial charge in [0.15, 0.2) is 0 Å². The van der Waals surface area contributed by atoms with Gasteiger partial charge >= 0.3 is 5.97 Å². The Morgan fingerprint density at radius 3 is 2.20 bits per heavy atom. The summed E-state index contributed by atoms with van der Waals surface area (Å²) < 4.78 is 6.15. The van der Waals surface area contributed by atoms with Crippen LogP contribution < -0.4 is 0 Å². The first-order valence-electron chi connectivity index (χ1n) is 10.5. The molecule has 5 aliphatic rings. The van der Waals surface area contributed by atoms with Crippen molar-refractivity contribution in [3.8, 4) is 0 Å². The SMILES string of the molecule is CC12C3C[C@@]4([C@H]1OC(=O)c1cc([N+](=O)[O-])cc([N+](=O)[O-])c1)C(C)(C)CCC[C@]4(C)[C@@H]32. The summed E-state index contributed by atoms with van der Waals surface area (Å²) in [6.45, 7) is 9.13. The first-order valence-corrected chi connectivity index (χ1v) is 10.5. The molecule has 0 saturated heterocycles. The Kier molecular flexibility index (Phi) is 3.50. The minimum atomic E-state index is -0.728. The van der Waals surface area contributed by atoms with Crippen molar-refractivity contribution < 1.29 is 19.4 Å². The van der Waals surface area contributed by atoms with Crippen molar-refractivity contribution >= 4 is 17.3 Å². The highest BCUT2D eigenvalue weighted by molar-refractivity contribution is 5.91. The number of ether oxygens (including phenoxy) is 1. The van der Waals surface area contributed by atoms with E-state index in [0.29, 0.717) is 11.8 Å². The summed E-state index contributed by atoms with van der Waals surface area (Å²) in [6.07, 6.45) is 4.15. The average Bonchev–Trinajstić information content (AvgIpc) is 2.91. The normalized spacial score (nSPS) is 41.8. The fourth-order valence-electron chi connectivity index (χ4n) is 8.47. The molecule has 30 heavy (non-hydrogen) atoms. The van der Waals surface area contributed by atoms with Crippen molar-refractivity contribution in [3.05, 3.63) is 44.0 Å². The van der Waals surface area contributed by atoms with Gasteiger partial charge in [-0.2, -0.15) is 0 Å². The summed E-state index contributed by atoms with van der Waals surface area (Å²) in [7, 11) is 0. The lowest BCUT2D eigenvalue weighted by Crippen LogP contribution is -2.54. The zero-order valence-corrected chi connectivity index (χ0v) is 17.6. The Morgan fingerprint density at radius 2 is 1.63 bits per heavy atom. The third-order valence-electron chi connectivity index (χ3n) is 9.51. The summed E-state index contributed by atoms with van der Waals surface area (Å²) in [5, 5.41) is 22.4. The zero-order chi connectivity index (χ0) is 21.9. The van der Waals surface area contributed by atoms with E-state index in [9.17, 15) is 25.0 Å². The minimum Gasteiger partial charge on any atom is -0.458 e. The summed E-state index contributed by atoms with van der Waals surface area (Å²) in [5.74, 6) is 0.364. The van der Waals surface area contributed by atoms with Crippen LogP contribution in [0.15, 0.2) is 18.2 Å². The van der Waals surface area contributed by atoms with E-state index >= 15 is 0 Å². The molecule has 4 bridgehead atoms.